The minimum absolute atomic E-state index is 0.00857. The quantitative estimate of drug-likeness (QED) is 0.212. The van der Waals surface area contributed by atoms with E-state index in [0.717, 1.165) is 79.8 Å². The second kappa shape index (κ2) is 13.8. The zero-order valence-corrected chi connectivity index (χ0v) is 30.4. The normalized spacial score (nSPS) is 41.4. The molecule has 8 rings (SSSR count). The molecule has 6 aliphatic carbocycles. The highest BCUT2D eigenvalue weighted by atomic mass is 16.7. The van der Waals surface area contributed by atoms with Crippen LogP contribution >= 0.6 is 0 Å². The highest BCUT2D eigenvalue weighted by Gasteiger charge is 2.59. The molecule has 0 amide bonds. The van der Waals surface area contributed by atoms with Crippen LogP contribution in [-0.2, 0) is 33.3 Å². The molecule has 7 nitrogen and oxygen atoms in total. The van der Waals surface area contributed by atoms with E-state index < -0.39 is 11.9 Å². The zero-order valence-electron chi connectivity index (χ0n) is 30.4. The third-order valence-electron chi connectivity index (χ3n) is 14.2. The van der Waals surface area contributed by atoms with Gasteiger partial charge in [0.25, 0.3) is 0 Å². The van der Waals surface area contributed by atoms with Crippen LogP contribution in [0.5, 0.6) is 0 Å². The van der Waals surface area contributed by atoms with Gasteiger partial charge in [0.1, 0.15) is 5.60 Å². The van der Waals surface area contributed by atoms with E-state index in [1.54, 1.807) is 13.8 Å². The van der Waals surface area contributed by atoms with Gasteiger partial charge in [0.05, 0.1) is 30.5 Å². The van der Waals surface area contributed by atoms with Gasteiger partial charge in [-0.1, -0.05) is 34.6 Å². The van der Waals surface area contributed by atoms with Gasteiger partial charge in [-0.25, -0.2) is 0 Å². The molecular formula is C39H64O7. The van der Waals surface area contributed by atoms with E-state index in [0.29, 0.717) is 0 Å². The molecule has 0 aromatic heterocycles. The van der Waals surface area contributed by atoms with E-state index in [1.165, 1.54) is 51.4 Å². The molecule has 7 heteroatoms. The number of ether oxygens (including phenoxy) is 4. The molecule has 0 N–H and O–H groups in total. The summed E-state index contributed by atoms with van der Waals surface area (Å²) in [6.07, 6.45) is 14.2. The SMILES string of the molecule is CC1C(=O)OC(=O)C1C.CC1C2CC(CC3OCCCO3)C(C2)C1C.CCC(C)(C)C(=O)OC(C)(C)C12CC3CC(CC(C3)C1)C2. The molecule has 0 aromatic carbocycles. The Morgan fingerprint density at radius 3 is 1.74 bits per heavy atom. The highest BCUT2D eigenvalue weighted by Crippen LogP contribution is 2.64. The van der Waals surface area contributed by atoms with Crippen LogP contribution in [0.2, 0.25) is 0 Å². The van der Waals surface area contributed by atoms with Crippen molar-refractivity contribution in [2.75, 3.05) is 13.2 Å². The second-order valence-electron chi connectivity index (χ2n) is 17.8. The van der Waals surface area contributed by atoms with Crippen molar-refractivity contribution in [1.29, 1.82) is 0 Å². The average molecular weight is 645 g/mol. The maximum Gasteiger partial charge on any atom is 0.317 e. The summed E-state index contributed by atoms with van der Waals surface area (Å²) in [6.45, 7) is 20.5. The number of rotatable bonds is 6. The van der Waals surface area contributed by atoms with Gasteiger partial charge in [0.2, 0.25) is 0 Å². The van der Waals surface area contributed by atoms with Crippen molar-refractivity contribution < 1.29 is 33.3 Å². The Labute approximate surface area is 279 Å². The fourth-order valence-corrected chi connectivity index (χ4v) is 10.4. The van der Waals surface area contributed by atoms with Gasteiger partial charge >= 0.3 is 17.9 Å². The average Bonchev–Trinajstić information content (AvgIpc) is 3.61. The second-order valence-corrected chi connectivity index (χ2v) is 17.8. The van der Waals surface area contributed by atoms with Gasteiger partial charge in [0.15, 0.2) is 6.29 Å². The number of hydrogen-bond donors (Lipinski definition) is 0. The Balaban J connectivity index is 0.000000147. The molecule has 7 atom stereocenters. The monoisotopic (exact) mass is 644 g/mol. The van der Waals surface area contributed by atoms with Crippen LogP contribution in [0.4, 0.5) is 0 Å². The Morgan fingerprint density at radius 1 is 0.804 bits per heavy atom. The van der Waals surface area contributed by atoms with Crippen molar-refractivity contribution in [3.8, 4) is 0 Å². The maximum atomic E-state index is 12.6. The molecule has 2 heterocycles. The summed E-state index contributed by atoms with van der Waals surface area (Å²) in [7, 11) is 0. The van der Waals surface area contributed by atoms with E-state index in [9.17, 15) is 14.4 Å². The van der Waals surface area contributed by atoms with Gasteiger partial charge in [-0.3, -0.25) is 14.4 Å². The molecule has 8 aliphatic rings. The van der Waals surface area contributed by atoms with Crippen molar-refractivity contribution in [2.24, 2.45) is 70.0 Å². The lowest BCUT2D eigenvalue weighted by atomic mass is 9.46. The fraction of sp³-hybridized carbons (Fsp3) is 0.923. The van der Waals surface area contributed by atoms with Gasteiger partial charge in [-0.15, -0.1) is 0 Å². The molecule has 2 saturated heterocycles. The third-order valence-corrected chi connectivity index (χ3v) is 14.2. The molecule has 0 radical (unpaired) electrons. The van der Waals surface area contributed by atoms with Crippen LogP contribution in [0, 0.1) is 70.0 Å². The van der Waals surface area contributed by atoms with Crippen LogP contribution in [0.15, 0.2) is 0 Å². The first-order valence-electron chi connectivity index (χ1n) is 18.8. The van der Waals surface area contributed by atoms with Crippen LogP contribution in [0.3, 0.4) is 0 Å². The minimum atomic E-state index is -0.396. The van der Waals surface area contributed by atoms with Gasteiger partial charge < -0.3 is 18.9 Å². The molecule has 2 aliphatic heterocycles. The number of carbonyl (C=O) groups is 3. The predicted octanol–water partition coefficient (Wildman–Crippen LogP) is 8.37. The Hall–Kier alpha value is -1.47. The molecule has 46 heavy (non-hydrogen) atoms. The number of esters is 3. The minimum Gasteiger partial charge on any atom is -0.459 e. The van der Waals surface area contributed by atoms with Crippen LogP contribution < -0.4 is 0 Å². The molecule has 8 fully saturated rings. The molecule has 0 aromatic rings. The number of cyclic esters (lactones) is 2. The molecule has 0 spiro atoms. The Bertz CT molecular complexity index is 1050. The van der Waals surface area contributed by atoms with E-state index in [2.05, 4.69) is 39.4 Å². The van der Waals surface area contributed by atoms with Crippen molar-refractivity contribution in [3.05, 3.63) is 0 Å². The lowest BCUT2D eigenvalue weighted by Gasteiger charge is -2.61. The first-order valence-corrected chi connectivity index (χ1v) is 18.8. The fourth-order valence-electron chi connectivity index (χ4n) is 10.4. The van der Waals surface area contributed by atoms with Crippen LogP contribution in [0.1, 0.15) is 133 Å². The molecule has 6 saturated carbocycles. The van der Waals surface area contributed by atoms with E-state index in [1.807, 2.05) is 13.8 Å². The van der Waals surface area contributed by atoms with E-state index in [-0.39, 0.29) is 40.5 Å². The van der Waals surface area contributed by atoms with Crippen LogP contribution in [0.25, 0.3) is 0 Å². The largest absolute Gasteiger partial charge is 0.459 e. The highest BCUT2D eigenvalue weighted by molar-refractivity contribution is 5.95. The van der Waals surface area contributed by atoms with Crippen molar-refractivity contribution in [3.63, 3.8) is 0 Å². The summed E-state index contributed by atoms with van der Waals surface area (Å²) in [5, 5.41) is 0. The summed E-state index contributed by atoms with van der Waals surface area (Å²) in [5.74, 6) is 6.08. The van der Waals surface area contributed by atoms with E-state index in [4.69, 9.17) is 14.2 Å². The van der Waals surface area contributed by atoms with Gasteiger partial charge in [-0.05, 0) is 139 Å². The zero-order chi connectivity index (χ0) is 33.6. The topological polar surface area (TPSA) is 88.1 Å². The summed E-state index contributed by atoms with van der Waals surface area (Å²) < 4.78 is 21.8. The lowest BCUT2D eigenvalue weighted by molar-refractivity contribution is -0.206. The predicted molar refractivity (Wildman–Crippen MR) is 177 cm³/mol. The van der Waals surface area contributed by atoms with E-state index >= 15 is 0 Å². The summed E-state index contributed by atoms with van der Waals surface area (Å²) in [5.41, 5.74) is -0.423. The Morgan fingerprint density at radius 2 is 1.33 bits per heavy atom. The molecule has 7 unspecified atom stereocenters. The molecular weight excluding hydrogens is 580 g/mol. The third kappa shape index (κ3) is 7.26. The Kier molecular flexibility index (Phi) is 10.7. The number of hydrogen-bond acceptors (Lipinski definition) is 7. The molecule has 6 bridgehead atoms. The van der Waals surface area contributed by atoms with Crippen molar-refractivity contribution in [2.45, 2.75) is 145 Å². The van der Waals surface area contributed by atoms with Crippen LogP contribution in [-0.4, -0.2) is 43.0 Å². The summed E-state index contributed by atoms with van der Waals surface area (Å²) in [6, 6.07) is 0. The van der Waals surface area contributed by atoms with Gasteiger partial charge in [-0.2, -0.15) is 0 Å². The molecule has 262 valence electrons. The van der Waals surface area contributed by atoms with Gasteiger partial charge in [0, 0.05) is 11.8 Å². The van der Waals surface area contributed by atoms with Crippen molar-refractivity contribution >= 4 is 17.9 Å². The summed E-state index contributed by atoms with van der Waals surface area (Å²) in [4.78, 5) is 33.7. The maximum absolute atomic E-state index is 12.6. The smallest absolute Gasteiger partial charge is 0.317 e. The lowest BCUT2D eigenvalue weighted by Crippen LogP contribution is -2.58. The van der Waals surface area contributed by atoms with Crippen molar-refractivity contribution in [1.82, 2.24) is 0 Å². The summed E-state index contributed by atoms with van der Waals surface area (Å²) >= 11 is 0. The number of carbonyl (C=O) groups excluding carboxylic acids is 3. The standard InChI is InChI=1S/C19H32O2.C14H24O2.C6H8O3/c1-6-17(2,3)16(20)21-18(4,5)19-10-13-7-14(11-19)9-15(8-13)12-19;1-9-10(2)13-7-11(9)6-12(13)8-14-15-4-3-5-16-14;1-3-4(2)6(8)9-5(3)7/h13-15H,6-12H2,1-5H3;9-14H,3-8H2,1-2H3;3-4H,1-2H3. The first kappa shape index (κ1) is 35.8. The number of fused-ring (bicyclic) bond motifs is 2. The first-order chi connectivity index (χ1) is 21.6.